The van der Waals surface area contributed by atoms with Crippen LogP contribution < -0.4 is 10.6 Å². The van der Waals surface area contributed by atoms with Gasteiger partial charge in [0.1, 0.15) is 0 Å². The van der Waals surface area contributed by atoms with Crippen LogP contribution in [0.15, 0.2) is 0 Å². The first kappa shape index (κ1) is 13.3. The van der Waals surface area contributed by atoms with E-state index in [1.807, 2.05) is 4.90 Å². The van der Waals surface area contributed by atoms with Crippen LogP contribution in [0.25, 0.3) is 0 Å². The van der Waals surface area contributed by atoms with Crippen molar-refractivity contribution in [1.29, 1.82) is 0 Å². The van der Waals surface area contributed by atoms with Gasteiger partial charge in [-0.2, -0.15) is 0 Å². The first-order valence-corrected chi connectivity index (χ1v) is 6.16. The maximum Gasteiger partial charge on any atom is 0.317 e. The van der Waals surface area contributed by atoms with E-state index in [4.69, 9.17) is 4.74 Å². The van der Waals surface area contributed by atoms with E-state index in [9.17, 15) is 4.79 Å². The van der Waals surface area contributed by atoms with Crippen LogP contribution in [0.4, 0.5) is 4.79 Å². The number of amides is 2. The number of rotatable bonds is 9. The highest BCUT2D eigenvalue weighted by atomic mass is 16.5. The monoisotopic (exact) mass is 229 g/mol. The zero-order chi connectivity index (χ0) is 11.6. The van der Waals surface area contributed by atoms with Gasteiger partial charge in [0.2, 0.25) is 0 Å². The van der Waals surface area contributed by atoms with Crippen molar-refractivity contribution < 1.29 is 9.53 Å². The molecule has 1 saturated heterocycles. The molecule has 16 heavy (non-hydrogen) atoms. The number of ether oxygens (including phenoxy) is 1. The summed E-state index contributed by atoms with van der Waals surface area (Å²) in [6.07, 6.45) is 1.98. The maximum absolute atomic E-state index is 11.2. The van der Waals surface area contributed by atoms with Gasteiger partial charge in [-0.1, -0.05) is 6.92 Å². The molecule has 0 atom stereocenters. The first-order valence-electron chi connectivity index (χ1n) is 6.16. The van der Waals surface area contributed by atoms with E-state index >= 15 is 0 Å². The molecule has 1 fully saturated rings. The Morgan fingerprint density at radius 2 is 2.25 bits per heavy atom. The molecule has 0 aromatic rings. The maximum atomic E-state index is 11.2. The van der Waals surface area contributed by atoms with Crippen LogP contribution in [0.1, 0.15) is 19.8 Å². The third-order valence-corrected chi connectivity index (χ3v) is 2.55. The molecule has 2 amide bonds. The Labute approximate surface area is 97.5 Å². The fraction of sp³-hybridized carbons (Fsp3) is 0.909. The third-order valence-electron chi connectivity index (χ3n) is 2.55. The minimum atomic E-state index is 0.0622. The van der Waals surface area contributed by atoms with Gasteiger partial charge in [0.15, 0.2) is 0 Å². The zero-order valence-corrected chi connectivity index (χ0v) is 10.1. The summed E-state index contributed by atoms with van der Waals surface area (Å²) in [4.78, 5) is 13.0. The van der Waals surface area contributed by atoms with Gasteiger partial charge in [-0.15, -0.1) is 0 Å². The molecule has 1 aliphatic rings. The predicted molar refractivity (Wildman–Crippen MR) is 63.6 cm³/mol. The number of carbonyl (C=O) groups excluding carboxylic acids is 1. The molecular weight excluding hydrogens is 206 g/mol. The number of nitrogens with zero attached hydrogens (tertiary/aromatic N) is 1. The van der Waals surface area contributed by atoms with Gasteiger partial charge >= 0.3 is 6.03 Å². The van der Waals surface area contributed by atoms with Crippen molar-refractivity contribution in [2.45, 2.75) is 19.8 Å². The fourth-order valence-electron chi connectivity index (χ4n) is 1.66. The Kier molecular flexibility index (Phi) is 6.92. The van der Waals surface area contributed by atoms with Crippen molar-refractivity contribution in [3.05, 3.63) is 0 Å². The SMILES string of the molecule is CCNCCCOCCCN1CCNC1=O. The van der Waals surface area contributed by atoms with Crippen molar-refractivity contribution in [1.82, 2.24) is 15.5 Å². The van der Waals surface area contributed by atoms with Crippen LogP contribution >= 0.6 is 0 Å². The first-order chi connectivity index (χ1) is 7.84. The van der Waals surface area contributed by atoms with E-state index in [1.54, 1.807) is 0 Å². The molecule has 0 aliphatic carbocycles. The van der Waals surface area contributed by atoms with Crippen LogP contribution in [-0.2, 0) is 4.74 Å². The minimum Gasteiger partial charge on any atom is -0.381 e. The quantitative estimate of drug-likeness (QED) is 0.563. The Balaban J connectivity index is 1.83. The van der Waals surface area contributed by atoms with E-state index in [-0.39, 0.29) is 6.03 Å². The van der Waals surface area contributed by atoms with E-state index < -0.39 is 0 Å². The standard InChI is InChI=1S/C11H23N3O2/c1-2-12-5-3-9-16-10-4-7-14-8-6-13-11(14)15/h12H,2-10H2,1H3,(H,13,15). The van der Waals surface area contributed by atoms with Crippen LogP contribution in [-0.4, -0.2) is 56.9 Å². The average Bonchev–Trinajstić information content (AvgIpc) is 2.68. The van der Waals surface area contributed by atoms with Crippen molar-refractivity contribution in [2.24, 2.45) is 0 Å². The molecule has 0 unspecified atom stereocenters. The highest BCUT2D eigenvalue weighted by Gasteiger charge is 2.17. The Morgan fingerprint density at radius 1 is 1.44 bits per heavy atom. The minimum absolute atomic E-state index is 0.0622. The molecule has 5 heteroatoms. The van der Waals surface area contributed by atoms with Gasteiger partial charge in [0.25, 0.3) is 0 Å². The Hall–Kier alpha value is -0.810. The summed E-state index contributed by atoms with van der Waals surface area (Å²) in [5.41, 5.74) is 0. The number of hydrogen-bond acceptors (Lipinski definition) is 3. The highest BCUT2D eigenvalue weighted by molar-refractivity contribution is 5.76. The molecule has 0 bridgehead atoms. The topological polar surface area (TPSA) is 53.6 Å². The van der Waals surface area contributed by atoms with Gasteiger partial charge in [-0.3, -0.25) is 0 Å². The second-order valence-corrected chi connectivity index (χ2v) is 3.89. The summed E-state index contributed by atoms with van der Waals surface area (Å²) in [5.74, 6) is 0. The van der Waals surface area contributed by atoms with Gasteiger partial charge in [0.05, 0.1) is 0 Å². The number of nitrogens with one attached hydrogen (secondary N) is 2. The molecule has 5 nitrogen and oxygen atoms in total. The summed E-state index contributed by atoms with van der Waals surface area (Å²) in [5, 5.41) is 6.03. The number of urea groups is 1. The summed E-state index contributed by atoms with van der Waals surface area (Å²) in [6, 6.07) is 0.0622. The lowest BCUT2D eigenvalue weighted by Gasteiger charge is -2.13. The fourth-order valence-corrected chi connectivity index (χ4v) is 1.66. The van der Waals surface area contributed by atoms with Gasteiger partial charge in [-0.05, 0) is 25.9 Å². The summed E-state index contributed by atoms with van der Waals surface area (Å²) in [6.45, 7) is 8.10. The molecule has 0 radical (unpaired) electrons. The van der Waals surface area contributed by atoms with Crippen molar-refractivity contribution in [3.8, 4) is 0 Å². The smallest absolute Gasteiger partial charge is 0.317 e. The average molecular weight is 229 g/mol. The van der Waals surface area contributed by atoms with Crippen LogP contribution in [0, 0.1) is 0 Å². The molecule has 1 rings (SSSR count). The van der Waals surface area contributed by atoms with Crippen molar-refractivity contribution >= 4 is 6.03 Å². The lowest BCUT2D eigenvalue weighted by molar-refractivity contribution is 0.123. The largest absolute Gasteiger partial charge is 0.381 e. The predicted octanol–water partition coefficient (Wildman–Crippen LogP) is 0.418. The van der Waals surface area contributed by atoms with E-state index in [0.717, 1.165) is 58.8 Å². The Morgan fingerprint density at radius 3 is 2.94 bits per heavy atom. The lowest BCUT2D eigenvalue weighted by atomic mass is 10.4. The van der Waals surface area contributed by atoms with Crippen molar-refractivity contribution in [3.63, 3.8) is 0 Å². The Bertz CT molecular complexity index is 200. The van der Waals surface area contributed by atoms with Crippen LogP contribution in [0.5, 0.6) is 0 Å². The molecule has 0 aromatic heterocycles. The van der Waals surface area contributed by atoms with Gasteiger partial charge in [0, 0.05) is 32.8 Å². The molecular formula is C11H23N3O2. The second kappa shape index (κ2) is 8.35. The highest BCUT2D eigenvalue weighted by Crippen LogP contribution is 1.98. The van der Waals surface area contributed by atoms with E-state index in [2.05, 4.69) is 17.6 Å². The normalized spacial score (nSPS) is 15.6. The molecule has 1 heterocycles. The molecule has 0 spiro atoms. The van der Waals surface area contributed by atoms with Gasteiger partial charge < -0.3 is 20.3 Å². The van der Waals surface area contributed by atoms with E-state index in [0.29, 0.717) is 0 Å². The van der Waals surface area contributed by atoms with E-state index in [1.165, 1.54) is 0 Å². The number of hydrogen-bond donors (Lipinski definition) is 2. The second-order valence-electron chi connectivity index (χ2n) is 3.89. The van der Waals surface area contributed by atoms with Crippen molar-refractivity contribution in [2.75, 3.05) is 45.9 Å². The summed E-state index contributed by atoms with van der Waals surface area (Å²) < 4.78 is 5.48. The van der Waals surface area contributed by atoms with Gasteiger partial charge in [-0.25, -0.2) is 4.79 Å². The lowest BCUT2D eigenvalue weighted by Crippen LogP contribution is -2.29. The zero-order valence-electron chi connectivity index (χ0n) is 10.1. The summed E-state index contributed by atoms with van der Waals surface area (Å²) >= 11 is 0. The molecule has 0 saturated carbocycles. The molecule has 2 N–H and O–H groups in total. The summed E-state index contributed by atoms with van der Waals surface area (Å²) in [7, 11) is 0. The van der Waals surface area contributed by atoms with Crippen LogP contribution in [0.3, 0.4) is 0 Å². The van der Waals surface area contributed by atoms with Crippen LogP contribution in [0.2, 0.25) is 0 Å². The third kappa shape index (κ3) is 5.32. The molecule has 94 valence electrons. The molecule has 0 aromatic carbocycles. The molecule has 1 aliphatic heterocycles. The number of carbonyl (C=O) groups is 1.